The molecule has 0 aliphatic rings. The SMILES string of the molecule is CCCCc1nnc(NCc2sncc2Br)o1. The van der Waals surface area contributed by atoms with Crippen molar-refractivity contribution in [2.24, 2.45) is 0 Å². The zero-order chi connectivity index (χ0) is 12.1. The fourth-order valence-electron chi connectivity index (χ4n) is 1.28. The molecule has 0 bridgehead atoms. The van der Waals surface area contributed by atoms with Gasteiger partial charge in [-0.05, 0) is 33.9 Å². The van der Waals surface area contributed by atoms with Crippen molar-refractivity contribution in [1.82, 2.24) is 14.6 Å². The lowest BCUT2D eigenvalue weighted by Crippen LogP contribution is -1.97. The molecule has 0 aliphatic carbocycles. The lowest BCUT2D eigenvalue weighted by molar-refractivity contribution is 0.495. The summed E-state index contributed by atoms with van der Waals surface area (Å²) in [6.45, 7) is 2.78. The van der Waals surface area contributed by atoms with E-state index in [-0.39, 0.29) is 0 Å². The van der Waals surface area contributed by atoms with Crippen LogP contribution in [0.3, 0.4) is 0 Å². The van der Waals surface area contributed by atoms with Gasteiger partial charge in [-0.2, -0.15) is 4.37 Å². The van der Waals surface area contributed by atoms with Crippen molar-refractivity contribution in [1.29, 1.82) is 0 Å². The Morgan fingerprint density at radius 1 is 1.47 bits per heavy atom. The molecule has 0 aliphatic heterocycles. The number of hydrogen-bond donors (Lipinski definition) is 1. The van der Waals surface area contributed by atoms with E-state index in [1.165, 1.54) is 11.5 Å². The summed E-state index contributed by atoms with van der Waals surface area (Å²) < 4.78 is 10.5. The molecule has 7 heteroatoms. The van der Waals surface area contributed by atoms with Gasteiger partial charge in [-0.3, -0.25) is 0 Å². The summed E-state index contributed by atoms with van der Waals surface area (Å²) in [7, 11) is 0. The number of rotatable bonds is 6. The number of aryl methyl sites for hydroxylation is 1. The third-order valence-corrected chi connectivity index (χ3v) is 3.95. The maximum absolute atomic E-state index is 5.46. The van der Waals surface area contributed by atoms with Gasteiger partial charge in [0.2, 0.25) is 5.89 Å². The van der Waals surface area contributed by atoms with E-state index < -0.39 is 0 Å². The van der Waals surface area contributed by atoms with Gasteiger partial charge in [-0.25, -0.2) is 0 Å². The van der Waals surface area contributed by atoms with Crippen LogP contribution in [0.4, 0.5) is 6.01 Å². The minimum Gasteiger partial charge on any atom is -0.408 e. The number of unbranched alkanes of at least 4 members (excludes halogenated alkanes) is 1. The van der Waals surface area contributed by atoms with E-state index in [1.807, 2.05) is 0 Å². The Morgan fingerprint density at radius 2 is 2.35 bits per heavy atom. The van der Waals surface area contributed by atoms with E-state index in [4.69, 9.17) is 4.42 Å². The van der Waals surface area contributed by atoms with E-state index in [1.54, 1.807) is 6.20 Å². The molecule has 0 aromatic carbocycles. The maximum Gasteiger partial charge on any atom is 0.315 e. The van der Waals surface area contributed by atoms with E-state index >= 15 is 0 Å². The minimum absolute atomic E-state index is 0.469. The van der Waals surface area contributed by atoms with Gasteiger partial charge >= 0.3 is 6.01 Å². The molecule has 2 aromatic rings. The van der Waals surface area contributed by atoms with E-state index in [9.17, 15) is 0 Å². The number of aromatic nitrogens is 3. The number of nitrogens with zero attached hydrogens (tertiary/aromatic N) is 3. The van der Waals surface area contributed by atoms with Crippen molar-refractivity contribution in [3.8, 4) is 0 Å². The summed E-state index contributed by atoms with van der Waals surface area (Å²) >= 11 is 4.86. The molecule has 0 saturated carbocycles. The Hall–Kier alpha value is -0.950. The van der Waals surface area contributed by atoms with Gasteiger partial charge in [0.1, 0.15) is 0 Å². The van der Waals surface area contributed by atoms with Crippen LogP contribution in [0.5, 0.6) is 0 Å². The highest BCUT2D eigenvalue weighted by Crippen LogP contribution is 2.21. The number of nitrogens with one attached hydrogen (secondary N) is 1. The van der Waals surface area contributed by atoms with Crippen molar-refractivity contribution in [2.45, 2.75) is 32.7 Å². The van der Waals surface area contributed by atoms with Crippen molar-refractivity contribution < 1.29 is 4.42 Å². The molecule has 0 saturated heterocycles. The average Bonchev–Trinajstić information content (AvgIpc) is 2.93. The second kappa shape index (κ2) is 6.11. The molecule has 0 atom stereocenters. The van der Waals surface area contributed by atoms with Crippen LogP contribution in [0, 0.1) is 0 Å². The van der Waals surface area contributed by atoms with Gasteiger partial charge in [0.15, 0.2) is 0 Å². The minimum atomic E-state index is 0.469. The molecule has 2 heterocycles. The zero-order valence-corrected chi connectivity index (χ0v) is 11.8. The average molecular weight is 317 g/mol. The normalized spacial score (nSPS) is 10.7. The number of anilines is 1. The second-order valence-electron chi connectivity index (χ2n) is 3.55. The predicted octanol–water partition coefficient (Wildman–Crippen LogP) is 3.24. The Balaban J connectivity index is 1.87. The Kier molecular flexibility index (Phi) is 4.49. The van der Waals surface area contributed by atoms with Crippen molar-refractivity contribution in [3.05, 3.63) is 21.4 Å². The third-order valence-electron chi connectivity index (χ3n) is 2.21. The topological polar surface area (TPSA) is 63.8 Å². The van der Waals surface area contributed by atoms with Crippen LogP contribution in [-0.4, -0.2) is 14.6 Å². The number of hydrogen-bond acceptors (Lipinski definition) is 6. The van der Waals surface area contributed by atoms with Crippen LogP contribution in [-0.2, 0) is 13.0 Å². The molecule has 17 heavy (non-hydrogen) atoms. The van der Waals surface area contributed by atoms with Gasteiger partial charge in [0.25, 0.3) is 0 Å². The van der Waals surface area contributed by atoms with Gasteiger partial charge in [-0.1, -0.05) is 18.4 Å². The molecule has 92 valence electrons. The predicted molar refractivity (Wildman–Crippen MR) is 70.1 cm³/mol. The largest absolute Gasteiger partial charge is 0.408 e. The maximum atomic E-state index is 5.46. The van der Waals surface area contributed by atoms with Gasteiger partial charge in [0, 0.05) is 6.42 Å². The van der Waals surface area contributed by atoms with E-state index in [2.05, 4.69) is 42.7 Å². The summed E-state index contributed by atoms with van der Waals surface area (Å²) in [5.74, 6) is 0.692. The molecular formula is C10H13BrN4OS. The first-order valence-corrected chi connectivity index (χ1v) is 7.01. The molecule has 0 amide bonds. The lowest BCUT2D eigenvalue weighted by Gasteiger charge is -1.97. The van der Waals surface area contributed by atoms with Crippen LogP contribution in [0.1, 0.15) is 30.5 Å². The molecule has 5 nitrogen and oxygen atoms in total. The summed E-state index contributed by atoms with van der Waals surface area (Å²) in [6.07, 6.45) is 4.82. The van der Waals surface area contributed by atoms with Gasteiger partial charge < -0.3 is 9.73 Å². The Labute approximate surface area is 112 Å². The van der Waals surface area contributed by atoms with Crippen LogP contribution < -0.4 is 5.32 Å². The summed E-state index contributed by atoms with van der Waals surface area (Å²) in [5.41, 5.74) is 0. The fraction of sp³-hybridized carbons (Fsp3) is 0.500. The quantitative estimate of drug-likeness (QED) is 0.886. The molecular weight excluding hydrogens is 304 g/mol. The molecule has 0 spiro atoms. The molecule has 0 unspecified atom stereocenters. The summed E-state index contributed by atoms with van der Waals surface area (Å²) in [6, 6.07) is 0.469. The first-order chi connectivity index (χ1) is 8.29. The molecule has 2 rings (SSSR count). The highest BCUT2D eigenvalue weighted by atomic mass is 79.9. The van der Waals surface area contributed by atoms with Gasteiger partial charge in [-0.15, -0.1) is 5.10 Å². The van der Waals surface area contributed by atoms with Gasteiger partial charge in [0.05, 0.1) is 22.1 Å². The van der Waals surface area contributed by atoms with Crippen molar-refractivity contribution in [3.63, 3.8) is 0 Å². The first-order valence-electron chi connectivity index (χ1n) is 5.45. The van der Waals surface area contributed by atoms with Crippen LogP contribution in [0.25, 0.3) is 0 Å². The van der Waals surface area contributed by atoms with E-state index in [0.717, 1.165) is 28.6 Å². The molecule has 2 aromatic heterocycles. The highest BCUT2D eigenvalue weighted by Gasteiger charge is 2.07. The van der Waals surface area contributed by atoms with Crippen LogP contribution in [0.2, 0.25) is 0 Å². The second-order valence-corrected chi connectivity index (χ2v) is 5.30. The molecule has 1 N–H and O–H groups in total. The van der Waals surface area contributed by atoms with Crippen molar-refractivity contribution in [2.75, 3.05) is 5.32 Å². The number of halogens is 1. The standard InChI is InChI=1S/C10H13BrN4OS/c1-2-3-4-9-14-15-10(16-9)12-6-8-7(11)5-13-17-8/h5H,2-4,6H2,1H3,(H,12,15). The highest BCUT2D eigenvalue weighted by molar-refractivity contribution is 9.10. The van der Waals surface area contributed by atoms with E-state index in [0.29, 0.717) is 18.5 Å². The molecule has 0 fully saturated rings. The van der Waals surface area contributed by atoms with Crippen LogP contribution in [0.15, 0.2) is 15.1 Å². The first kappa shape index (κ1) is 12.5. The zero-order valence-electron chi connectivity index (χ0n) is 9.44. The lowest BCUT2D eigenvalue weighted by atomic mass is 10.2. The molecule has 0 radical (unpaired) electrons. The van der Waals surface area contributed by atoms with Crippen LogP contribution >= 0.6 is 27.5 Å². The smallest absolute Gasteiger partial charge is 0.315 e. The summed E-state index contributed by atoms with van der Waals surface area (Å²) in [4.78, 5) is 1.11. The Bertz CT molecular complexity index is 470. The van der Waals surface area contributed by atoms with Crippen molar-refractivity contribution >= 4 is 33.5 Å². The third kappa shape index (κ3) is 3.50. The summed E-state index contributed by atoms with van der Waals surface area (Å²) in [5, 5.41) is 11.0. The monoisotopic (exact) mass is 316 g/mol. The Morgan fingerprint density at radius 3 is 3.06 bits per heavy atom. The fourth-order valence-corrected chi connectivity index (χ4v) is 2.44.